The third-order valence-corrected chi connectivity index (χ3v) is 2.41. The fraction of sp³-hybridized carbons (Fsp3) is 0.267. The SMILES string of the molecule is C#CCOc1cccc(NC(=O)N(CC=C)CCO)c1. The Morgan fingerprint density at radius 3 is 3.05 bits per heavy atom. The Morgan fingerprint density at radius 1 is 1.60 bits per heavy atom. The minimum Gasteiger partial charge on any atom is -0.481 e. The van der Waals surface area contributed by atoms with Crippen LogP contribution in [-0.2, 0) is 0 Å². The predicted octanol–water partition coefficient (Wildman–Crippen LogP) is 1.71. The monoisotopic (exact) mass is 274 g/mol. The maximum atomic E-state index is 12.0. The molecule has 0 radical (unpaired) electrons. The van der Waals surface area contributed by atoms with Gasteiger partial charge in [-0.05, 0) is 12.1 Å². The number of amides is 2. The van der Waals surface area contributed by atoms with Crippen LogP contribution >= 0.6 is 0 Å². The summed E-state index contributed by atoms with van der Waals surface area (Å²) in [5, 5.41) is 11.6. The summed E-state index contributed by atoms with van der Waals surface area (Å²) in [6, 6.07) is 6.62. The van der Waals surface area contributed by atoms with Crippen LogP contribution in [0.2, 0.25) is 0 Å². The third-order valence-electron chi connectivity index (χ3n) is 2.41. The number of carbonyl (C=O) groups excluding carboxylic acids is 1. The van der Waals surface area contributed by atoms with E-state index in [4.69, 9.17) is 16.3 Å². The average molecular weight is 274 g/mol. The molecule has 1 aromatic carbocycles. The smallest absolute Gasteiger partial charge is 0.322 e. The molecule has 0 aromatic heterocycles. The van der Waals surface area contributed by atoms with Crippen LogP contribution in [0.1, 0.15) is 0 Å². The standard InChI is InChI=1S/C15H18N2O3/c1-3-8-17(9-10-18)15(19)16-13-6-5-7-14(12-13)20-11-4-2/h2-3,5-7,12,18H,1,8-11H2,(H,16,19). The summed E-state index contributed by atoms with van der Waals surface area (Å²) in [6.45, 7) is 4.25. The molecule has 1 aromatic rings. The molecule has 0 saturated heterocycles. The van der Waals surface area contributed by atoms with E-state index in [9.17, 15) is 4.79 Å². The zero-order chi connectivity index (χ0) is 14.8. The van der Waals surface area contributed by atoms with Gasteiger partial charge in [-0.25, -0.2) is 4.79 Å². The molecule has 5 nitrogen and oxygen atoms in total. The molecule has 0 aliphatic rings. The van der Waals surface area contributed by atoms with E-state index in [-0.39, 0.29) is 25.8 Å². The number of rotatable bonds is 7. The molecule has 0 bridgehead atoms. The van der Waals surface area contributed by atoms with Gasteiger partial charge in [-0.1, -0.05) is 18.1 Å². The summed E-state index contributed by atoms with van der Waals surface area (Å²) in [6.07, 6.45) is 6.72. The molecule has 0 atom stereocenters. The van der Waals surface area contributed by atoms with E-state index in [1.54, 1.807) is 30.3 Å². The second kappa shape index (κ2) is 8.62. The molecular formula is C15H18N2O3. The summed E-state index contributed by atoms with van der Waals surface area (Å²) in [7, 11) is 0. The van der Waals surface area contributed by atoms with Crippen molar-refractivity contribution < 1.29 is 14.6 Å². The van der Waals surface area contributed by atoms with E-state index in [0.717, 1.165) is 0 Å². The van der Waals surface area contributed by atoms with E-state index in [0.29, 0.717) is 18.0 Å². The van der Waals surface area contributed by atoms with Gasteiger partial charge < -0.3 is 20.1 Å². The minimum absolute atomic E-state index is 0.105. The molecule has 0 saturated carbocycles. The summed E-state index contributed by atoms with van der Waals surface area (Å²) in [5.41, 5.74) is 0.594. The highest BCUT2D eigenvalue weighted by Crippen LogP contribution is 2.17. The van der Waals surface area contributed by atoms with Crippen molar-refractivity contribution in [3.05, 3.63) is 36.9 Å². The van der Waals surface area contributed by atoms with Gasteiger partial charge in [-0.2, -0.15) is 0 Å². The van der Waals surface area contributed by atoms with Crippen molar-refractivity contribution in [1.29, 1.82) is 0 Å². The van der Waals surface area contributed by atoms with Crippen molar-refractivity contribution in [2.75, 3.05) is 31.6 Å². The van der Waals surface area contributed by atoms with Crippen LogP contribution in [0, 0.1) is 12.3 Å². The second-order valence-corrected chi connectivity index (χ2v) is 3.91. The highest BCUT2D eigenvalue weighted by Gasteiger charge is 2.11. The number of aliphatic hydroxyl groups is 1. The number of nitrogens with zero attached hydrogens (tertiary/aromatic N) is 1. The van der Waals surface area contributed by atoms with Gasteiger partial charge >= 0.3 is 6.03 Å². The summed E-state index contributed by atoms with van der Waals surface area (Å²) >= 11 is 0. The molecule has 0 heterocycles. The van der Waals surface area contributed by atoms with Crippen molar-refractivity contribution in [3.8, 4) is 18.1 Å². The van der Waals surface area contributed by atoms with Gasteiger partial charge in [0.25, 0.3) is 0 Å². The average Bonchev–Trinajstić information content (AvgIpc) is 2.45. The quantitative estimate of drug-likeness (QED) is 0.588. The van der Waals surface area contributed by atoms with Crippen LogP contribution in [0.3, 0.4) is 0 Å². The fourth-order valence-corrected chi connectivity index (χ4v) is 1.54. The molecular weight excluding hydrogens is 256 g/mol. The van der Waals surface area contributed by atoms with Crippen LogP contribution in [0.4, 0.5) is 10.5 Å². The zero-order valence-corrected chi connectivity index (χ0v) is 11.2. The lowest BCUT2D eigenvalue weighted by atomic mass is 10.3. The summed E-state index contributed by atoms with van der Waals surface area (Å²) < 4.78 is 5.28. The van der Waals surface area contributed by atoms with Gasteiger partial charge in [0.05, 0.1) is 6.61 Å². The third kappa shape index (κ3) is 5.04. The Hall–Kier alpha value is -2.45. The van der Waals surface area contributed by atoms with Crippen LogP contribution < -0.4 is 10.1 Å². The largest absolute Gasteiger partial charge is 0.481 e. The van der Waals surface area contributed by atoms with Crippen LogP contribution in [0.5, 0.6) is 5.75 Å². The van der Waals surface area contributed by atoms with E-state index < -0.39 is 0 Å². The molecule has 0 aliphatic carbocycles. The predicted molar refractivity (Wildman–Crippen MR) is 78.6 cm³/mol. The minimum atomic E-state index is -0.312. The molecule has 0 aliphatic heterocycles. The number of hydrogen-bond donors (Lipinski definition) is 2. The van der Waals surface area contributed by atoms with Crippen molar-refractivity contribution in [3.63, 3.8) is 0 Å². The van der Waals surface area contributed by atoms with Gasteiger partial charge in [0, 0.05) is 24.8 Å². The number of anilines is 1. The second-order valence-electron chi connectivity index (χ2n) is 3.91. The van der Waals surface area contributed by atoms with E-state index in [1.165, 1.54) is 4.90 Å². The van der Waals surface area contributed by atoms with Gasteiger partial charge in [0.1, 0.15) is 12.4 Å². The number of ether oxygens (including phenoxy) is 1. The Bertz CT molecular complexity index is 494. The van der Waals surface area contributed by atoms with Crippen molar-refractivity contribution >= 4 is 11.7 Å². The fourth-order valence-electron chi connectivity index (χ4n) is 1.54. The van der Waals surface area contributed by atoms with Crippen molar-refractivity contribution in [2.24, 2.45) is 0 Å². The Labute approximate surface area is 118 Å². The number of carbonyl (C=O) groups is 1. The topological polar surface area (TPSA) is 61.8 Å². The normalized spacial score (nSPS) is 9.40. The van der Waals surface area contributed by atoms with Gasteiger partial charge in [-0.3, -0.25) is 0 Å². The lowest BCUT2D eigenvalue weighted by molar-refractivity contribution is 0.195. The van der Waals surface area contributed by atoms with Gasteiger partial charge in [0.15, 0.2) is 0 Å². The number of hydrogen-bond acceptors (Lipinski definition) is 3. The number of nitrogens with one attached hydrogen (secondary N) is 1. The van der Waals surface area contributed by atoms with Crippen molar-refractivity contribution in [2.45, 2.75) is 0 Å². The lowest BCUT2D eigenvalue weighted by Crippen LogP contribution is -2.37. The molecule has 5 heteroatoms. The zero-order valence-electron chi connectivity index (χ0n) is 11.2. The molecule has 1 rings (SSSR count). The van der Waals surface area contributed by atoms with Crippen molar-refractivity contribution in [1.82, 2.24) is 4.90 Å². The molecule has 0 unspecified atom stereocenters. The molecule has 2 N–H and O–H groups in total. The Kier molecular flexibility index (Phi) is 6.72. The number of urea groups is 1. The molecule has 0 fully saturated rings. The maximum absolute atomic E-state index is 12.0. The first-order valence-corrected chi connectivity index (χ1v) is 6.15. The first-order chi connectivity index (χ1) is 9.71. The molecule has 20 heavy (non-hydrogen) atoms. The molecule has 106 valence electrons. The van der Waals surface area contributed by atoms with Gasteiger partial charge in [0.2, 0.25) is 0 Å². The van der Waals surface area contributed by atoms with E-state index >= 15 is 0 Å². The Balaban J connectivity index is 2.68. The summed E-state index contributed by atoms with van der Waals surface area (Å²) in [5.74, 6) is 2.95. The highest BCUT2D eigenvalue weighted by atomic mass is 16.5. The lowest BCUT2D eigenvalue weighted by Gasteiger charge is -2.20. The van der Waals surface area contributed by atoms with Crippen LogP contribution in [-0.4, -0.2) is 42.3 Å². The highest BCUT2D eigenvalue weighted by molar-refractivity contribution is 5.89. The maximum Gasteiger partial charge on any atom is 0.322 e. The van der Waals surface area contributed by atoms with E-state index in [2.05, 4.69) is 17.8 Å². The molecule has 2 amide bonds. The number of terminal acetylenes is 1. The first kappa shape index (κ1) is 15.6. The number of aliphatic hydroxyl groups excluding tert-OH is 1. The summed E-state index contributed by atoms with van der Waals surface area (Å²) in [4.78, 5) is 13.4. The first-order valence-electron chi connectivity index (χ1n) is 6.15. The van der Waals surface area contributed by atoms with Gasteiger partial charge in [-0.15, -0.1) is 13.0 Å². The van der Waals surface area contributed by atoms with Crippen LogP contribution in [0.25, 0.3) is 0 Å². The van der Waals surface area contributed by atoms with Crippen LogP contribution in [0.15, 0.2) is 36.9 Å². The Morgan fingerprint density at radius 2 is 2.40 bits per heavy atom. The number of benzene rings is 1. The molecule has 0 spiro atoms. The van der Waals surface area contributed by atoms with E-state index in [1.807, 2.05) is 0 Å².